The van der Waals surface area contributed by atoms with Gasteiger partial charge in [0.05, 0.1) is 0 Å². The van der Waals surface area contributed by atoms with Crippen LogP contribution in [0.4, 0.5) is 0 Å². The first-order chi connectivity index (χ1) is 6.70. The molecule has 0 bridgehead atoms. The van der Waals surface area contributed by atoms with Crippen LogP contribution in [-0.2, 0) is 12.8 Å². The van der Waals surface area contributed by atoms with E-state index in [0.29, 0.717) is 18.4 Å². The van der Waals surface area contributed by atoms with Crippen molar-refractivity contribution >= 4 is 0 Å². The molecule has 0 saturated carbocycles. The van der Waals surface area contributed by atoms with Crippen LogP contribution in [0.1, 0.15) is 36.5 Å². The first kappa shape index (κ1) is 9.72. The summed E-state index contributed by atoms with van der Waals surface area (Å²) >= 11 is 0. The SMILES string of the molecule is CC(C)c1ccc2c(c1)C[C@H](CO)C2. The molecule has 2 rings (SSSR count). The molecule has 0 aromatic heterocycles. The lowest BCUT2D eigenvalue weighted by atomic mass is 9.99. The lowest BCUT2D eigenvalue weighted by molar-refractivity contribution is 0.232. The maximum absolute atomic E-state index is 9.12. The number of hydrogen-bond donors (Lipinski definition) is 1. The van der Waals surface area contributed by atoms with Crippen LogP contribution in [0.15, 0.2) is 18.2 Å². The third kappa shape index (κ3) is 1.69. The summed E-state index contributed by atoms with van der Waals surface area (Å²) in [6.07, 6.45) is 2.12. The Bertz CT molecular complexity index is 328. The van der Waals surface area contributed by atoms with Gasteiger partial charge in [-0.3, -0.25) is 0 Å². The van der Waals surface area contributed by atoms with Crippen molar-refractivity contribution in [3.8, 4) is 0 Å². The average Bonchev–Trinajstić information content (AvgIpc) is 2.58. The van der Waals surface area contributed by atoms with Gasteiger partial charge in [-0.05, 0) is 41.4 Å². The Kier molecular flexibility index (Phi) is 2.60. The second-order valence-electron chi connectivity index (χ2n) is 4.64. The highest BCUT2D eigenvalue weighted by Crippen LogP contribution is 2.29. The van der Waals surface area contributed by atoms with Gasteiger partial charge in [-0.25, -0.2) is 0 Å². The molecular weight excluding hydrogens is 172 g/mol. The quantitative estimate of drug-likeness (QED) is 0.759. The summed E-state index contributed by atoms with van der Waals surface area (Å²) in [5.41, 5.74) is 4.31. The number of aliphatic hydroxyl groups is 1. The number of aliphatic hydroxyl groups excluding tert-OH is 1. The van der Waals surface area contributed by atoms with Crippen molar-refractivity contribution in [2.45, 2.75) is 32.6 Å². The summed E-state index contributed by atoms with van der Waals surface area (Å²) in [5, 5.41) is 9.12. The van der Waals surface area contributed by atoms with E-state index in [1.807, 2.05) is 0 Å². The van der Waals surface area contributed by atoms with Crippen LogP contribution in [0.2, 0.25) is 0 Å². The van der Waals surface area contributed by atoms with E-state index in [4.69, 9.17) is 5.11 Å². The zero-order valence-electron chi connectivity index (χ0n) is 8.96. The van der Waals surface area contributed by atoms with Crippen LogP contribution in [0.5, 0.6) is 0 Å². The van der Waals surface area contributed by atoms with Crippen molar-refractivity contribution in [1.29, 1.82) is 0 Å². The third-order valence-electron chi connectivity index (χ3n) is 3.17. The monoisotopic (exact) mass is 190 g/mol. The number of rotatable bonds is 2. The molecule has 76 valence electrons. The molecule has 1 aliphatic rings. The van der Waals surface area contributed by atoms with E-state index < -0.39 is 0 Å². The molecule has 1 heteroatoms. The zero-order chi connectivity index (χ0) is 10.1. The molecule has 1 nitrogen and oxygen atoms in total. The summed E-state index contributed by atoms with van der Waals surface area (Å²) in [6, 6.07) is 6.78. The Morgan fingerprint density at radius 2 is 2.00 bits per heavy atom. The predicted octanol–water partition coefficient (Wildman–Crippen LogP) is 2.52. The fourth-order valence-electron chi connectivity index (χ4n) is 2.22. The van der Waals surface area contributed by atoms with Gasteiger partial charge < -0.3 is 5.11 Å². The van der Waals surface area contributed by atoms with Gasteiger partial charge in [0.25, 0.3) is 0 Å². The molecular formula is C13H18O. The molecule has 0 spiro atoms. The van der Waals surface area contributed by atoms with Crippen molar-refractivity contribution in [2.75, 3.05) is 6.61 Å². The van der Waals surface area contributed by atoms with Crippen LogP contribution >= 0.6 is 0 Å². The van der Waals surface area contributed by atoms with Crippen molar-refractivity contribution in [3.05, 3.63) is 34.9 Å². The maximum atomic E-state index is 9.12. The molecule has 1 atom stereocenters. The Morgan fingerprint density at radius 3 is 2.64 bits per heavy atom. The van der Waals surface area contributed by atoms with Crippen LogP contribution in [0, 0.1) is 5.92 Å². The first-order valence-corrected chi connectivity index (χ1v) is 5.43. The van der Waals surface area contributed by atoms with E-state index in [-0.39, 0.29) is 0 Å². The van der Waals surface area contributed by atoms with Crippen molar-refractivity contribution < 1.29 is 5.11 Å². The molecule has 0 radical (unpaired) electrons. The summed E-state index contributed by atoms with van der Waals surface area (Å²) < 4.78 is 0. The Morgan fingerprint density at radius 1 is 1.29 bits per heavy atom. The lowest BCUT2D eigenvalue weighted by Crippen LogP contribution is -2.04. The number of fused-ring (bicyclic) bond motifs is 1. The van der Waals surface area contributed by atoms with Gasteiger partial charge in [-0.1, -0.05) is 32.0 Å². The van der Waals surface area contributed by atoms with E-state index in [0.717, 1.165) is 12.8 Å². The normalized spacial score (nSPS) is 20.1. The molecule has 0 aliphatic heterocycles. The topological polar surface area (TPSA) is 20.2 Å². The van der Waals surface area contributed by atoms with Gasteiger partial charge in [0.1, 0.15) is 0 Å². The lowest BCUT2D eigenvalue weighted by Gasteiger charge is -2.07. The highest BCUT2D eigenvalue weighted by molar-refractivity contribution is 5.37. The average molecular weight is 190 g/mol. The number of benzene rings is 1. The van der Waals surface area contributed by atoms with Crippen molar-refractivity contribution in [3.63, 3.8) is 0 Å². The van der Waals surface area contributed by atoms with Crippen LogP contribution in [0.25, 0.3) is 0 Å². The van der Waals surface area contributed by atoms with Gasteiger partial charge in [0.2, 0.25) is 0 Å². The summed E-state index contributed by atoms with van der Waals surface area (Å²) in [7, 11) is 0. The Hall–Kier alpha value is -0.820. The Balaban J connectivity index is 2.26. The molecule has 0 saturated heterocycles. The molecule has 0 unspecified atom stereocenters. The van der Waals surface area contributed by atoms with Crippen molar-refractivity contribution in [2.24, 2.45) is 5.92 Å². The minimum Gasteiger partial charge on any atom is -0.396 e. The smallest absolute Gasteiger partial charge is 0.0465 e. The fraction of sp³-hybridized carbons (Fsp3) is 0.538. The van der Waals surface area contributed by atoms with Crippen LogP contribution < -0.4 is 0 Å². The molecule has 1 aromatic rings. The maximum Gasteiger partial charge on any atom is 0.0465 e. The first-order valence-electron chi connectivity index (χ1n) is 5.43. The standard InChI is InChI=1S/C13H18O/c1-9(2)11-3-4-12-5-10(8-14)6-13(12)7-11/h3-4,7,9-10,14H,5-6,8H2,1-2H3/t10-/m1/s1. The molecule has 0 amide bonds. The highest BCUT2D eigenvalue weighted by Gasteiger charge is 2.20. The van der Waals surface area contributed by atoms with E-state index in [2.05, 4.69) is 32.0 Å². The minimum atomic E-state index is 0.325. The van der Waals surface area contributed by atoms with Gasteiger partial charge in [0.15, 0.2) is 0 Å². The molecule has 1 aliphatic carbocycles. The van der Waals surface area contributed by atoms with Gasteiger partial charge >= 0.3 is 0 Å². The fourth-order valence-corrected chi connectivity index (χ4v) is 2.22. The third-order valence-corrected chi connectivity index (χ3v) is 3.17. The molecule has 14 heavy (non-hydrogen) atoms. The van der Waals surface area contributed by atoms with Crippen LogP contribution in [-0.4, -0.2) is 11.7 Å². The largest absolute Gasteiger partial charge is 0.396 e. The van der Waals surface area contributed by atoms with Gasteiger partial charge in [0, 0.05) is 6.61 Å². The molecule has 1 aromatic carbocycles. The van der Waals surface area contributed by atoms with E-state index in [1.54, 1.807) is 0 Å². The van der Waals surface area contributed by atoms with Gasteiger partial charge in [-0.2, -0.15) is 0 Å². The second-order valence-corrected chi connectivity index (χ2v) is 4.64. The molecule has 0 heterocycles. The second kappa shape index (κ2) is 3.74. The molecule has 0 fully saturated rings. The minimum absolute atomic E-state index is 0.325. The Labute approximate surface area is 85.8 Å². The van der Waals surface area contributed by atoms with E-state index in [9.17, 15) is 0 Å². The highest BCUT2D eigenvalue weighted by atomic mass is 16.3. The predicted molar refractivity (Wildman–Crippen MR) is 58.5 cm³/mol. The van der Waals surface area contributed by atoms with E-state index >= 15 is 0 Å². The van der Waals surface area contributed by atoms with Crippen LogP contribution in [0.3, 0.4) is 0 Å². The van der Waals surface area contributed by atoms with E-state index in [1.165, 1.54) is 16.7 Å². The van der Waals surface area contributed by atoms with Gasteiger partial charge in [-0.15, -0.1) is 0 Å². The number of hydrogen-bond acceptors (Lipinski definition) is 1. The summed E-state index contributed by atoms with van der Waals surface area (Å²) in [4.78, 5) is 0. The summed E-state index contributed by atoms with van der Waals surface area (Å²) in [5.74, 6) is 1.07. The van der Waals surface area contributed by atoms with Crippen molar-refractivity contribution in [1.82, 2.24) is 0 Å². The molecule has 1 N–H and O–H groups in total. The summed E-state index contributed by atoms with van der Waals surface area (Å²) in [6.45, 7) is 4.77. The zero-order valence-corrected chi connectivity index (χ0v) is 8.96.